The fourth-order valence-electron chi connectivity index (χ4n) is 4.55. The molecule has 0 saturated carbocycles. The van der Waals surface area contributed by atoms with Gasteiger partial charge in [-0.15, -0.1) is 0 Å². The largest absolute Gasteiger partial charge is 0.479 e. The molecule has 2 aromatic rings. The van der Waals surface area contributed by atoms with Crippen LogP contribution in [0.4, 0.5) is 19.3 Å². The molecule has 2 saturated heterocycles. The number of piperidine rings is 1. The number of morpholine rings is 1. The predicted molar refractivity (Wildman–Crippen MR) is 127 cm³/mol. The number of hydrogen-bond acceptors (Lipinski definition) is 5. The number of pyridine rings is 1. The Kier molecular flexibility index (Phi) is 7.33. The molecule has 0 atom stereocenters. The molecule has 1 spiro atoms. The number of alkyl halides is 2. The molecule has 0 radical (unpaired) electrons. The normalized spacial score (nSPS) is 20.4. The summed E-state index contributed by atoms with van der Waals surface area (Å²) in [5.74, 6) is -2.50. The van der Waals surface area contributed by atoms with Gasteiger partial charge in [0.2, 0.25) is 0 Å². The number of anilines is 1. The van der Waals surface area contributed by atoms with E-state index in [1.165, 1.54) is 0 Å². The number of aromatic nitrogens is 1. The van der Waals surface area contributed by atoms with Crippen LogP contribution >= 0.6 is 0 Å². The van der Waals surface area contributed by atoms with E-state index in [0.29, 0.717) is 62.1 Å². The molecule has 3 aliphatic rings. The lowest BCUT2D eigenvalue weighted by Gasteiger charge is -2.46. The van der Waals surface area contributed by atoms with Crippen LogP contribution in [0.5, 0.6) is 5.75 Å². The van der Waals surface area contributed by atoms with Crippen molar-refractivity contribution in [2.75, 3.05) is 44.7 Å². The third-order valence-electron chi connectivity index (χ3n) is 6.47. The van der Waals surface area contributed by atoms with E-state index in [0.717, 1.165) is 5.56 Å². The van der Waals surface area contributed by atoms with Gasteiger partial charge in [-0.3, -0.25) is 4.98 Å². The van der Waals surface area contributed by atoms with Crippen molar-refractivity contribution in [3.05, 3.63) is 42.1 Å². The van der Waals surface area contributed by atoms with Gasteiger partial charge in [0.1, 0.15) is 5.75 Å². The summed E-state index contributed by atoms with van der Waals surface area (Å²) in [5.41, 5.74) is 1.05. The Hall–Kier alpha value is -2.78. The number of carbonyl (C=O) groups is 1. The van der Waals surface area contributed by atoms with Crippen LogP contribution in [0.15, 0.2) is 36.5 Å². The molecule has 1 aromatic heterocycles. The summed E-state index contributed by atoms with van der Waals surface area (Å²) in [7, 11) is 0. The van der Waals surface area contributed by atoms with Crippen LogP contribution in [-0.4, -0.2) is 66.8 Å². The number of hydrogen-bond donors (Lipinski definition) is 2. The van der Waals surface area contributed by atoms with Gasteiger partial charge in [0.25, 0.3) is 5.92 Å². The summed E-state index contributed by atoms with van der Waals surface area (Å²) in [6.45, 7) is 7.24. The first kappa shape index (κ1) is 24.3. The third-order valence-corrected chi connectivity index (χ3v) is 6.47. The molecule has 2 fully saturated rings. The average molecular weight is 475 g/mol. The highest BCUT2D eigenvalue weighted by molar-refractivity contribution is 5.89. The van der Waals surface area contributed by atoms with Gasteiger partial charge in [-0.25, -0.2) is 13.6 Å². The maximum absolute atomic E-state index is 15.1. The van der Waals surface area contributed by atoms with Crippen LogP contribution in [0.1, 0.15) is 32.3 Å². The van der Waals surface area contributed by atoms with E-state index in [1.54, 1.807) is 29.3 Å². The highest BCUT2D eigenvalue weighted by Gasteiger charge is 2.58. The maximum atomic E-state index is 15.1. The highest BCUT2D eigenvalue weighted by Crippen LogP contribution is 2.47. The zero-order chi connectivity index (χ0) is 24.2. The van der Waals surface area contributed by atoms with E-state index in [2.05, 4.69) is 15.6 Å². The molecule has 34 heavy (non-hydrogen) atoms. The molecule has 0 aliphatic carbocycles. The lowest BCUT2D eigenvalue weighted by molar-refractivity contribution is -0.187. The quantitative estimate of drug-likeness (QED) is 0.678. The molecule has 1 aromatic carbocycles. The minimum absolute atomic E-state index is 0.167. The number of urea groups is 1. The summed E-state index contributed by atoms with van der Waals surface area (Å²) < 4.78 is 41.3. The van der Waals surface area contributed by atoms with E-state index in [9.17, 15) is 4.79 Å². The molecule has 3 aliphatic heterocycles. The summed E-state index contributed by atoms with van der Waals surface area (Å²) in [5, 5.41) is 5.99. The first-order valence-electron chi connectivity index (χ1n) is 12.0. The summed E-state index contributed by atoms with van der Waals surface area (Å²) in [6, 6.07) is 8.71. The smallest absolute Gasteiger partial charge is 0.321 e. The molecule has 2 amide bonds. The van der Waals surface area contributed by atoms with Gasteiger partial charge in [-0.2, -0.15) is 0 Å². The predicted octanol–water partition coefficient (Wildman–Crippen LogP) is 4.33. The highest BCUT2D eigenvalue weighted by atomic mass is 19.3. The van der Waals surface area contributed by atoms with E-state index in [4.69, 9.17) is 9.47 Å². The number of benzene rings is 1. The zero-order valence-electron chi connectivity index (χ0n) is 19.7. The average Bonchev–Trinajstić information content (AvgIpc) is 2.87. The van der Waals surface area contributed by atoms with Crippen LogP contribution in [0.2, 0.25) is 0 Å². The second-order valence-electron chi connectivity index (χ2n) is 8.51. The Morgan fingerprint density at radius 3 is 2.47 bits per heavy atom. The standard InChI is InChI=1S/C23H26F2N4O3.C2H6/c24-23(25)14-17-13-19(27-15-20(17)32-22(23)5-7-26-8-6-22)16-1-3-18(4-2-16)28-21(30)29-9-11-31-12-10-29;1-2/h1-4,13,15,26H,5-12,14H2,(H,28,30);1-2H3. The minimum atomic E-state index is -2.94. The molecule has 5 rings (SSSR count). The number of rotatable bonds is 2. The van der Waals surface area contributed by atoms with Gasteiger partial charge in [0.15, 0.2) is 5.60 Å². The van der Waals surface area contributed by atoms with Gasteiger partial charge >= 0.3 is 6.03 Å². The van der Waals surface area contributed by atoms with Gasteiger partial charge in [0.05, 0.1) is 25.1 Å². The minimum Gasteiger partial charge on any atom is -0.479 e. The number of nitrogens with zero attached hydrogens (tertiary/aromatic N) is 2. The van der Waals surface area contributed by atoms with E-state index in [-0.39, 0.29) is 25.3 Å². The number of amides is 2. The Bertz CT molecular complexity index is 988. The van der Waals surface area contributed by atoms with Crippen molar-refractivity contribution in [2.45, 2.75) is 44.6 Å². The SMILES string of the molecule is CC.O=C(Nc1ccc(-c2cc3c(cn2)OC2(CCNCC2)C(F)(F)C3)cc1)N1CCOCC1. The first-order chi connectivity index (χ1) is 16.5. The number of ether oxygens (including phenoxy) is 2. The zero-order valence-corrected chi connectivity index (χ0v) is 19.7. The summed E-state index contributed by atoms with van der Waals surface area (Å²) in [6.07, 6.45) is 1.75. The van der Waals surface area contributed by atoms with E-state index >= 15 is 8.78 Å². The second kappa shape index (κ2) is 10.2. The molecule has 9 heteroatoms. The second-order valence-corrected chi connectivity index (χ2v) is 8.51. The van der Waals surface area contributed by atoms with Crippen molar-refractivity contribution >= 4 is 11.7 Å². The monoisotopic (exact) mass is 474 g/mol. The van der Waals surface area contributed by atoms with Gasteiger partial charge in [-0.1, -0.05) is 26.0 Å². The molecular weight excluding hydrogens is 442 g/mol. The Morgan fingerprint density at radius 2 is 1.79 bits per heavy atom. The number of halogens is 2. The van der Waals surface area contributed by atoms with Gasteiger partial charge in [-0.05, 0) is 31.3 Å². The Morgan fingerprint density at radius 1 is 1.12 bits per heavy atom. The van der Waals surface area contributed by atoms with Crippen molar-refractivity contribution in [2.24, 2.45) is 0 Å². The van der Waals surface area contributed by atoms with Crippen molar-refractivity contribution in [3.63, 3.8) is 0 Å². The van der Waals surface area contributed by atoms with Crippen LogP contribution < -0.4 is 15.4 Å². The van der Waals surface area contributed by atoms with Crippen LogP contribution in [0.25, 0.3) is 11.3 Å². The Labute approximate surface area is 198 Å². The molecule has 0 bridgehead atoms. The fourth-order valence-corrected chi connectivity index (χ4v) is 4.55. The van der Waals surface area contributed by atoms with Crippen molar-refractivity contribution in [1.82, 2.24) is 15.2 Å². The lowest BCUT2D eigenvalue weighted by Crippen LogP contribution is -2.60. The third kappa shape index (κ3) is 4.86. The fraction of sp³-hybridized carbons (Fsp3) is 0.520. The molecular formula is C25H32F2N4O3. The summed E-state index contributed by atoms with van der Waals surface area (Å²) in [4.78, 5) is 18.5. The molecule has 2 N–H and O–H groups in total. The van der Waals surface area contributed by atoms with Crippen LogP contribution in [0, 0.1) is 0 Å². The molecule has 4 heterocycles. The molecule has 0 unspecified atom stereocenters. The van der Waals surface area contributed by atoms with E-state index in [1.807, 2.05) is 26.0 Å². The van der Waals surface area contributed by atoms with Crippen molar-refractivity contribution < 1.29 is 23.0 Å². The number of carbonyl (C=O) groups excluding carboxylic acids is 1. The topological polar surface area (TPSA) is 75.7 Å². The van der Waals surface area contributed by atoms with Crippen LogP contribution in [0.3, 0.4) is 0 Å². The number of nitrogens with one attached hydrogen (secondary N) is 2. The van der Waals surface area contributed by atoms with Crippen LogP contribution in [-0.2, 0) is 11.2 Å². The Balaban J connectivity index is 0.00000133. The summed E-state index contributed by atoms with van der Waals surface area (Å²) >= 11 is 0. The lowest BCUT2D eigenvalue weighted by atomic mass is 9.80. The van der Waals surface area contributed by atoms with Crippen molar-refractivity contribution in [3.8, 4) is 17.0 Å². The van der Waals surface area contributed by atoms with Gasteiger partial charge < -0.3 is 25.0 Å². The first-order valence-corrected chi connectivity index (χ1v) is 12.0. The van der Waals surface area contributed by atoms with Crippen molar-refractivity contribution in [1.29, 1.82) is 0 Å². The van der Waals surface area contributed by atoms with E-state index < -0.39 is 11.5 Å². The molecule has 184 valence electrons. The van der Waals surface area contributed by atoms with Gasteiger partial charge in [0, 0.05) is 49.2 Å². The maximum Gasteiger partial charge on any atom is 0.321 e. The molecule has 7 nitrogen and oxygen atoms in total. The number of fused-ring (bicyclic) bond motifs is 1.